The Balaban J connectivity index is 1.40. The monoisotopic (exact) mass is 419 g/mol. The number of nitrogens with zero attached hydrogens (tertiary/aromatic N) is 1. The first-order chi connectivity index (χ1) is 13.0. The van der Waals surface area contributed by atoms with Crippen LogP contribution in [0.2, 0.25) is 5.02 Å². The number of aromatic nitrogens is 2. The van der Waals surface area contributed by atoms with Gasteiger partial charge < -0.3 is 10.3 Å². The van der Waals surface area contributed by atoms with Gasteiger partial charge in [0.25, 0.3) is 5.56 Å². The van der Waals surface area contributed by atoms with Crippen LogP contribution in [0.4, 0.5) is 5.69 Å². The molecule has 140 valence electrons. The molecule has 0 unspecified atom stereocenters. The van der Waals surface area contributed by atoms with E-state index in [-0.39, 0.29) is 17.2 Å². The number of halogens is 1. The van der Waals surface area contributed by atoms with Gasteiger partial charge in [0, 0.05) is 15.6 Å². The van der Waals surface area contributed by atoms with Crippen molar-refractivity contribution < 1.29 is 4.79 Å². The van der Waals surface area contributed by atoms with Gasteiger partial charge in [-0.05, 0) is 49.4 Å². The molecule has 1 aliphatic carbocycles. The first kappa shape index (κ1) is 18.5. The first-order valence-corrected chi connectivity index (χ1v) is 11.0. The number of fused-ring (bicyclic) bond motifs is 3. The number of carbonyl (C=O) groups is 1. The summed E-state index contributed by atoms with van der Waals surface area (Å²) in [6.45, 7) is 1.92. The highest BCUT2D eigenvalue weighted by Gasteiger charge is 2.21. The first-order valence-electron chi connectivity index (χ1n) is 8.68. The number of aryl methyl sites for hydroxylation is 3. The zero-order chi connectivity index (χ0) is 19.0. The van der Waals surface area contributed by atoms with Crippen molar-refractivity contribution in [3.63, 3.8) is 0 Å². The highest BCUT2D eigenvalue weighted by Crippen LogP contribution is 2.34. The van der Waals surface area contributed by atoms with E-state index in [1.165, 1.54) is 22.2 Å². The Hall–Kier alpha value is -1.83. The van der Waals surface area contributed by atoms with Crippen LogP contribution in [0.25, 0.3) is 10.2 Å². The van der Waals surface area contributed by atoms with Gasteiger partial charge in [0.2, 0.25) is 5.91 Å². The molecule has 0 atom stereocenters. The number of thiophene rings is 1. The molecule has 0 bridgehead atoms. The van der Waals surface area contributed by atoms with Crippen LogP contribution in [-0.2, 0) is 23.4 Å². The molecule has 4 rings (SSSR count). The van der Waals surface area contributed by atoms with Gasteiger partial charge in [-0.2, -0.15) is 0 Å². The number of amides is 1. The molecule has 0 fully saturated rings. The van der Waals surface area contributed by atoms with E-state index in [1.807, 2.05) is 13.0 Å². The number of hydrogen-bond donors (Lipinski definition) is 2. The van der Waals surface area contributed by atoms with Crippen molar-refractivity contribution in [2.75, 3.05) is 11.1 Å². The third kappa shape index (κ3) is 3.90. The van der Waals surface area contributed by atoms with Gasteiger partial charge in [0.1, 0.15) is 10.7 Å². The number of thioether (sulfide) groups is 1. The van der Waals surface area contributed by atoms with Gasteiger partial charge in [-0.3, -0.25) is 9.59 Å². The van der Waals surface area contributed by atoms with Crippen molar-refractivity contribution >= 4 is 56.5 Å². The van der Waals surface area contributed by atoms with E-state index in [2.05, 4.69) is 15.3 Å². The molecule has 5 nitrogen and oxygen atoms in total. The lowest BCUT2D eigenvalue weighted by molar-refractivity contribution is -0.113. The average molecular weight is 420 g/mol. The molecule has 0 saturated carbocycles. The van der Waals surface area contributed by atoms with E-state index in [9.17, 15) is 9.59 Å². The number of rotatable bonds is 5. The summed E-state index contributed by atoms with van der Waals surface area (Å²) in [5, 5.41) is 4.21. The topological polar surface area (TPSA) is 74.8 Å². The predicted molar refractivity (Wildman–Crippen MR) is 113 cm³/mol. The maximum absolute atomic E-state index is 12.4. The van der Waals surface area contributed by atoms with Gasteiger partial charge >= 0.3 is 0 Å². The zero-order valence-electron chi connectivity index (χ0n) is 14.7. The van der Waals surface area contributed by atoms with E-state index in [0.717, 1.165) is 35.0 Å². The van der Waals surface area contributed by atoms with Crippen molar-refractivity contribution in [2.24, 2.45) is 0 Å². The average Bonchev–Trinajstić information content (AvgIpc) is 3.18. The molecular formula is C19H18ClN3O2S2. The molecule has 2 aromatic heterocycles. The number of hydrogen-bond acceptors (Lipinski definition) is 5. The van der Waals surface area contributed by atoms with Gasteiger partial charge in [0.05, 0.1) is 16.9 Å². The molecule has 0 spiro atoms. The van der Waals surface area contributed by atoms with Crippen LogP contribution in [-0.4, -0.2) is 21.6 Å². The molecule has 3 aromatic rings. The lowest BCUT2D eigenvalue weighted by Crippen LogP contribution is -2.16. The minimum atomic E-state index is -0.108. The van der Waals surface area contributed by atoms with Crippen LogP contribution in [0.3, 0.4) is 0 Å². The second-order valence-corrected chi connectivity index (χ2v) is 9.06. The summed E-state index contributed by atoms with van der Waals surface area (Å²) in [6.07, 6.45) is 3.13. The smallest absolute Gasteiger partial charge is 0.259 e. The molecule has 8 heteroatoms. The standard InChI is InChI=1S/C19H18ClN3O2S2/c1-10-5-6-11(20)7-13(10)21-16(24)9-26-8-15-22-18(25)17-12-3-2-4-14(12)27-19(17)23-15/h5-7H,2-4,8-9H2,1H3,(H,21,24)(H,22,23,25). The van der Waals surface area contributed by atoms with Crippen LogP contribution in [0, 0.1) is 6.92 Å². The third-order valence-electron chi connectivity index (χ3n) is 4.57. The van der Waals surface area contributed by atoms with Crippen molar-refractivity contribution in [1.82, 2.24) is 9.97 Å². The van der Waals surface area contributed by atoms with Gasteiger partial charge in [0.15, 0.2) is 0 Å². The zero-order valence-corrected chi connectivity index (χ0v) is 17.1. The largest absolute Gasteiger partial charge is 0.325 e. The fraction of sp³-hybridized carbons (Fsp3) is 0.316. The van der Waals surface area contributed by atoms with Crippen LogP contribution in [0.5, 0.6) is 0 Å². The number of H-pyrrole nitrogens is 1. The molecular weight excluding hydrogens is 402 g/mol. The molecule has 0 radical (unpaired) electrons. The molecule has 0 saturated heterocycles. The Morgan fingerprint density at radius 3 is 3.11 bits per heavy atom. The van der Waals surface area contributed by atoms with Gasteiger partial charge in [-0.15, -0.1) is 23.1 Å². The lowest BCUT2D eigenvalue weighted by Gasteiger charge is -2.08. The summed E-state index contributed by atoms with van der Waals surface area (Å²) in [4.78, 5) is 34.2. The fourth-order valence-corrected chi connectivity index (χ4v) is 5.41. The third-order valence-corrected chi connectivity index (χ3v) is 6.93. The summed E-state index contributed by atoms with van der Waals surface area (Å²) in [6, 6.07) is 5.40. The minimum absolute atomic E-state index is 0.0611. The molecule has 1 aliphatic rings. The van der Waals surface area contributed by atoms with E-state index in [0.29, 0.717) is 22.3 Å². The summed E-state index contributed by atoms with van der Waals surface area (Å²) >= 11 is 9.02. The molecule has 1 amide bonds. The fourth-order valence-electron chi connectivity index (χ4n) is 3.27. The van der Waals surface area contributed by atoms with Crippen molar-refractivity contribution in [1.29, 1.82) is 0 Å². The van der Waals surface area contributed by atoms with Crippen LogP contribution >= 0.6 is 34.7 Å². The maximum Gasteiger partial charge on any atom is 0.259 e. The van der Waals surface area contributed by atoms with E-state index >= 15 is 0 Å². The second kappa shape index (κ2) is 7.66. The van der Waals surface area contributed by atoms with Crippen LogP contribution in [0.1, 0.15) is 28.2 Å². The quantitative estimate of drug-likeness (QED) is 0.646. The summed E-state index contributed by atoms with van der Waals surface area (Å²) < 4.78 is 0. The van der Waals surface area contributed by atoms with Crippen LogP contribution < -0.4 is 10.9 Å². The number of nitrogens with one attached hydrogen (secondary N) is 2. The highest BCUT2D eigenvalue weighted by molar-refractivity contribution is 7.99. The maximum atomic E-state index is 12.4. The van der Waals surface area contributed by atoms with Gasteiger partial charge in [-0.25, -0.2) is 4.98 Å². The molecule has 0 aliphatic heterocycles. The Labute approximate surface area is 169 Å². The summed E-state index contributed by atoms with van der Waals surface area (Å²) in [5.41, 5.74) is 2.79. The number of carbonyl (C=O) groups excluding carboxylic acids is 1. The van der Waals surface area contributed by atoms with E-state index in [4.69, 9.17) is 11.6 Å². The van der Waals surface area contributed by atoms with Crippen molar-refractivity contribution in [2.45, 2.75) is 31.9 Å². The summed E-state index contributed by atoms with van der Waals surface area (Å²) in [7, 11) is 0. The molecule has 2 heterocycles. The van der Waals surface area contributed by atoms with Crippen LogP contribution in [0.15, 0.2) is 23.0 Å². The van der Waals surface area contributed by atoms with E-state index < -0.39 is 0 Å². The van der Waals surface area contributed by atoms with Crippen molar-refractivity contribution in [3.05, 3.63) is 55.4 Å². The predicted octanol–water partition coefficient (Wildman–Crippen LogP) is 4.31. The minimum Gasteiger partial charge on any atom is -0.325 e. The molecule has 2 N–H and O–H groups in total. The Kier molecular flexibility index (Phi) is 5.25. The SMILES string of the molecule is Cc1ccc(Cl)cc1NC(=O)CSCc1nc2sc3c(c2c(=O)[nH]1)CCC3. The number of anilines is 1. The lowest BCUT2D eigenvalue weighted by atomic mass is 10.2. The molecule has 1 aromatic carbocycles. The Bertz CT molecular complexity index is 1090. The van der Waals surface area contributed by atoms with Gasteiger partial charge in [-0.1, -0.05) is 17.7 Å². The normalized spacial score (nSPS) is 13.1. The Morgan fingerprint density at radius 2 is 2.26 bits per heavy atom. The van der Waals surface area contributed by atoms with Crippen molar-refractivity contribution in [3.8, 4) is 0 Å². The molecule has 27 heavy (non-hydrogen) atoms. The highest BCUT2D eigenvalue weighted by atomic mass is 35.5. The Morgan fingerprint density at radius 1 is 1.41 bits per heavy atom. The second-order valence-electron chi connectivity index (χ2n) is 6.55. The number of benzene rings is 1. The summed E-state index contributed by atoms with van der Waals surface area (Å²) in [5.74, 6) is 1.26. The number of aromatic amines is 1. The van der Waals surface area contributed by atoms with E-state index in [1.54, 1.807) is 23.5 Å².